The van der Waals surface area contributed by atoms with Crippen LogP contribution in [0.4, 0.5) is 0 Å². The van der Waals surface area contributed by atoms with Gasteiger partial charge in [-0.15, -0.1) is 0 Å². The third kappa shape index (κ3) is 3.41. The first-order valence-electron chi connectivity index (χ1n) is 8.36. The van der Waals surface area contributed by atoms with E-state index in [9.17, 15) is 5.11 Å². The van der Waals surface area contributed by atoms with Crippen molar-refractivity contribution in [2.45, 2.75) is 57.5 Å². The molecule has 0 aliphatic carbocycles. The molecule has 1 atom stereocenters. The highest BCUT2D eigenvalue weighted by Crippen LogP contribution is 2.33. The summed E-state index contributed by atoms with van der Waals surface area (Å²) in [5, 5.41) is 13.3. The van der Waals surface area contributed by atoms with Gasteiger partial charge in [-0.3, -0.25) is 4.90 Å². The van der Waals surface area contributed by atoms with Gasteiger partial charge in [0.25, 0.3) is 0 Å². The molecule has 1 unspecified atom stereocenters. The van der Waals surface area contributed by atoms with Crippen molar-refractivity contribution in [1.82, 2.24) is 10.2 Å². The van der Waals surface area contributed by atoms with Crippen LogP contribution in [0.1, 0.15) is 45.1 Å². The third-order valence-electron chi connectivity index (χ3n) is 5.31. The monoisotopic (exact) mass is 290 g/mol. The average Bonchev–Trinajstić information content (AvgIpc) is 3.02. The fourth-order valence-electron chi connectivity index (χ4n) is 4.05. The molecule has 1 heterocycles. The molecule has 0 radical (unpaired) electrons. The summed E-state index contributed by atoms with van der Waals surface area (Å²) in [4.78, 5) is 2.69. The Morgan fingerprint density at radius 2 is 1.90 bits per heavy atom. The van der Waals surface area contributed by atoms with Gasteiger partial charge in [0.1, 0.15) is 5.75 Å². The molecule has 118 valence electrons. The minimum atomic E-state index is 0.219. The number of aromatic hydroxyl groups is 1. The van der Waals surface area contributed by atoms with E-state index >= 15 is 0 Å². The van der Waals surface area contributed by atoms with Crippen LogP contribution in [0.3, 0.4) is 0 Å². The van der Waals surface area contributed by atoms with Gasteiger partial charge in [-0.2, -0.15) is 0 Å². The van der Waals surface area contributed by atoms with Crippen LogP contribution in [0.15, 0.2) is 24.3 Å². The van der Waals surface area contributed by atoms with E-state index in [2.05, 4.69) is 37.2 Å². The van der Waals surface area contributed by atoms with Gasteiger partial charge in [0.05, 0.1) is 0 Å². The first-order valence-corrected chi connectivity index (χ1v) is 8.36. The fourth-order valence-corrected chi connectivity index (χ4v) is 4.05. The van der Waals surface area contributed by atoms with Crippen molar-refractivity contribution < 1.29 is 5.11 Å². The van der Waals surface area contributed by atoms with Gasteiger partial charge in [0, 0.05) is 11.6 Å². The summed E-state index contributed by atoms with van der Waals surface area (Å²) < 4.78 is 0. The molecular formula is C18H30N2O. The zero-order chi connectivity index (χ0) is 15.3. The quantitative estimate of drug-likeness (QED) is 0.809. The Labute approximate surface area is 129 Å². The second-order valence-corrected chi connectivity index (χ2v) is 6.22. The molecule has 2 N–H and O–H groups in total. The summed E-state index contributed by atoms with van der Waals surface area (Å²) in [6.45, 7) is 7.07. The molecule has 0 spiro atoms. The molecule has 1 aliphatic rings. The number of phenolic OH excluding ortho intramolecular Hbond substituents is 1. The van der Waals surface area contributed by atoms with Gasteiger partial charge in [0.15, 0.2) is 0 Å². The number of likely N-dealkylation sites (N-methyl/N-ethyl adjacent to an activating group) is 1. The lowest BCUT2D eigenvalue weighted by Crippen LogP contribution is -2.60. The zero-order valence-electron chi connectivity index (χ0n) is 13.7. The first kappa shape index (κ1) is 16.3. The number of hydrogen-bond acceptors (Lipinski definition) is 3. The van der Waals surface area contributed by atoms with E-state index in [4.69, 9.17) is 0 Å². The Bertz CT molecular complexity index is 437. The second kappa shape index (κ2) is 7.28. The van der Waals surface area contributed by atoms with Crippen LogP contribution in [-0.4, -0.2) is 41.7 Å². The Morgan fingerprint density at radius 3 is 2.43 bits per heavy atom. The van der Waals surface area contributed by atoms with E-state index in [0.29, 0.717) is 11.8 Å². The fraction of sp³-hybridized carbons (Fsp3) is 0.667. The van der Waals surface area contributed by atoms with Crippen molar-refractivity contribution in [2.75, 3.05) is 20.1 Å². The number of likely N-dealkylation sites (tertiary alicyclic amines) is 1. The maximum absolute atomic E-state index is 9.70. The first-order chi connectivity index (χ1) is 10.2. The van der Waals surface area contributed by atoms with Crippen LogP contribution < -0.4 is 5.32 Å². The molecule has 3 heteroatoms. The van der Waals surface area contributed by atoms with Gasteiger partial charge in [-0.25, -0.2) is 0 Å². The van der Waals surface area contributed by atoms with Gasteiger partial charge in [-0.1, -0.05) is 26.0 Å². The largest absolute Gasteiger partial charge is 0.508 e. The number of benzene rings is 1. The van der Waals surface area contributed by atoms with Crippen molar-refractivity contribution in [3.63, 3.8) is 0 Å². The van der Waals surface area contributed by atoms with Crippen molar-refractivity contribution in [3.8, 4) is 5.75 Å². The highest BCUT2D eigenvalue weighted by molar-refractivity contribution is 5.28. The number of rotatable bonds is 7. The number of phenols is 1. The lowest BCUT2D eigenvalue weighted by atomic mass is 9.80. The van der Waals surface area contributed by atoms with Crippen molar-refractivity contribution in [1.29, 1.82) is 0 Å². The van der Waals surface area contributed by atoms with E-state index in [1.54, 1.807) is 6.07 Å². The predicted molar refractivity (Wildman–Crippen MR) is 88.8 cm³/mol. The topological polar surface area (TPSA) is 35.5 Å². The van der Waals surface area contributed by atoms with Gasteiger partial charge < -0.3 is 10.4 Å². The normalized spacial score (nSPS) is 18.0. The number of nitrogens with zero attached hydrogens (tertiary/aromatic N) is 1. The molecule has 0 amide bonds. The van der Waals surface area contributed by atoms with E-state index in [1.807, 2.05) is 12.1 Å². The summed E-state index contributed by atoms with van der Waals surface area (Å²) in [5.74, 6) is 0.363. The lowest BCUT2D eigenvalue weighted by Gasteiger charge is -2.47. The van der Waals surface area contributed by atoms with Crippen molar-refractivity contribution in [2.24, 2.45) is 0 Å². The lowest BCUT2D eigenvalue weighted by molar-refractivity contribution is 0.0650. The minimum absolute atomic E-state index is 0.219. The third-order valence-corrected chi connectivity index (χ3v) is 5.31. The SMILES string of the molecule is CCC(CC)(C(Cc1cccc(O)c1)NC)N1CCCC1. The Kier molecular flexibility index (Phi) is 5.65. The summed E-state index contributed by atoms with van der Waals surface area (Å²) in [6, 6.07) is 8.10. The second-order valence-electron chi connectivity index (χ2n) is 6.22. The molecule has 0 saturated carbocycles. The molecule has 2 rings (SSSR count). The molecule has 1 saturated heterocycles. The number of nitrogens with one attached hydrogen (secondary N) is 1. The Balaban J connectivity index is 2.22. The Morgan fingerprint density at radius 1 is 1.24 bits per heavy atom. The maximum atomic E-state index is 9.70. The maximum Gasteiger partial charge on any atom is 0.115 e. The zero-order valence-corrected chi connectivity index (χ0v) is 13.7. The van der Waals surface area contributed by atoms with Crippen molar-refractivity contribution in [3.05, 3.63) is 29.8 Å². The molecule has 0 aromatic heterocycles. The van der Waals surface area contributed by atoms with Crippen LogP contribution in [0.25, 0.3) is 0 Å². The van der Waals surface area contributed by atoms with Crippen LogP contribution in [0, 0.1) is 0 Å². The molecule has 1 fully saturated rings. The van der Waals surface area contributed by atoms with Crippen LogP contribution in [-0.2, 0) is 6.42 Å². The van der Waals surface area contributed by atoms with Gasteiger partial charge in [-0.05, 0) is 69.9 Å². The van der Waals surface area contributed by atoms with Crippen LogP contribution in [0.2, 0.25) is 0 Å². The summed E-state index contributed by atoms with van der Waals surface area (Å²) >= 11 is 0. The summed E-state index contributed by atoms with van der Waals surface area (Å²) in [6.07, 6.45) is 5.93. The molecule has 1 aromatic carbocycles. The van der Waals surface area contributed by atoms with Gasteiger partial charge in [0.2, 0.25) is 0 Å². The molecule has 3 nitrogen and oxygen atoms in total. The molecular weight excluding hydrogens is 260 g/mol. The summed E-state index contributed by atoms with van der Waals surface area (Å²) in [7, 11) is 2.07. The van der Waals surface area contributed by atoms with E-state index < -0.39 is 0 Å². The van der Waals surface area contributed by atoms with Gasteiger partial charge >= 0.3 is 0 Å². The van der Waals surface area contributed by atoms with E-state index in [0.717, 1.165) is 19.3 Å². The predicted octanol–water partition coefficient (Wildman–Crippen LogP) is 3.18. The summed E-state index contributed by atoms with van der Waals surface area (Å²) in [5.41, 5.74) is 1.43. The van der Waals surface area contributed by atoms with Crippen molar-refractivity contribution >= 4 is 0 Å². The van der Waals surface area contributed by atoms with Crippen LogP contribution >= 0.6 is 0 Å². The standard InChI is InChI=1S/C18H30N2O/c1-4-18(5-2,20-11-6-7-12-20)17(19-3)14-15-9-8-10-16(21)13-15/h8-10,13,17,19,21H,4-7,11-12,14H2,1-3H3. The number of hydrogen-bond donors (Lipinski definition) is 2. The molecule has 0 bridgehead atoms. The Hall–Kier alpha value is -1.06. The highest BCUT2D eigenvalue weighted by Gasteiger charge is 2.41. The smallest absolute Gasteiger partial charge is 0.115 e. The van der Waals surface area contributed by atoms with E-state index in [1.165, 1.54) is 31.5 Å². The minimum Gasteiger partial charge on any atom is -0.508 e. The molecule has 1 aromatic rings. The van der Waals surface area contributed by atoms with E-state index in [-0.39, 0.29) is 5.54 Å². The highest BCUT2D eigenvalue weighted by atomic mass is 16.3. The average molecular weight is 290 g/mol. The van der Waals surface area contributed by atoms with Crippen LogP contribution in [0.5, 0.6) is 5.75 Å². The molecule has 1 aliphatic heterocycles. The molecule has 21 heavy (non-hydrogen) atoms.